The van der Waals surface area contributed by atoms with Crippen molar-refractivity contribution in [1.82, 2.24) is 15.1 Å². The first kappa shape index (κ1) is 18.0. The minimum Gasteiger partial charge on any atom is -0.356 e. The molecular weight excluding hydrogens is 308 g/mol. The summed E-state index contributed by atoms with van der Waals surface area (Å²) in [5.41, 5.74) is 2.81. The number of likely N-dealkylation sites (tertiary alicyclic amines) is 1. The zero-order chi connectivity index (χ0) is 17.5. The summed E-state index contributed by atoms with van der Waals surface area (Å²) < 4.78 is 0. The van der Waals surface area contributed by atoms with Gasteiger partial charge in [-0.05, 0) is 49.4 Å². The highest BCUT2D eigenvalue weighted by Crippen LogP contribution is 2.22. The highest BCUT2D eigenvalue weighted by Gasteiger charge is 2.23. The van der Waals surface area contributed by atoms with Crippen LogP contribution in [-0.4, -0.2) is 62.1 Å². The van der Waals surface area contributed by atoms with Crippen molar-refractivity contribution < 1.29 is 0 Å². The summed E-state index contributed by atoms with van der Waals surface area (Å²) in [5.74, 6) is 1.81. The summed E-state index contributed by atoms with van der Waals surface area (Å²) in [6.45, 7) is 9.01. The maximum Gasteiger partial charge on any atom is 0.193 e. The van der Waals surface area contributed by atoms with Gasteiger partial charge in [-0.1, -0.05) is 43.3 Å². The number of nitrogens with zero attached hydrogens (tertiary/aromatic N) is 3. The van der Waals surface area contributed by atoms with Gasteiger partial charge >= 0.3 is 0 Å². The van der Waals surface area contributed by atoms with Gasteiger partial charge in [-0.25, -0.2) is 0 Å². The van der Waals surface area contributed by atoms with Crippen LogP contribution in [0.1, 0.15) is 31.7 Å². The number of hydrogen-bond donors (Lipinski definition) is 1. The molecule has 1 atom stereocenters. The second-order valence-corrected chi connectivity index (χ2v) is 7.17. The van der Waals surface area contributed by atoms with E-state index in [1.165, 1.54) is 43.6 Å². The Labute approximate surface area is 152 Å². The quantitative estimate of drug-likeness (QED) is 0.660. The van der Waals surface area contributed by atoms with Crippen molar-refractivity contribution in [3.05, 3.63) is 42.0 Å². The molecule has 2 heterocycles. The van der Waals surface area contributed by atoms with Crippen LogP contribution in [0.2, 0.25) is 0 Å². The van der Waals surface area contributed by atoms with Crippen LogP contribution in [-0.2, 0) is 0 Å². The third kappa shape index (κ3) is 4.85. The van der Waals surface area contributed by atoms with Crippen LogP contribution in [0.15, 0.2) is 41.4 Å². The van der Waals surface area contributed by atoms with Crippen LogP contribution in [0, 0.1) is 5.92 Å². The lowest BCUT2D eigenvalue weighted by Crippen LogP contribution is -2.45. The number of benzene rings is 1. The Morgan fingerprint density at radius 2 is 2.08 bits per heavy atom. The van der Waals surface area contributed by atoms with Crippen molar-refractivity contribution in [2.75, 3.05) is 46.3 Å². The summed E-state index contributed by atoms with van der Waals surface area (Å²) in [5, 5.41) is 3.62. The maximum absolute atomic E-state index is 4.51. The molecule has 1 N–H and O–H groups in total. The van der Waals surface area contributed by atoms with E-state index < -0.39 is 0 Å². The molecule has 0 amide bonds. The Morgan fingerprint density at radius 1 is 1.24 bits per heavy atom. The van der Waals surface area contributed by atoms with Crippen LogP contribution in [0.3, 0.4) is 0 Å². The molecular formula is C21H32N4. The van der Waals surface area contributed by atoms with Gasteiger partial charge in [-0.15, -0.1) is 0 Å². The molecule has 0 saturated carbocycles. The molecule has 1 fully saturated rings. The molecule has 2 aliphatic heterocycles. The number of nitrogens with one attached hydrogen (secondary N) is 1. The molecule has 4 nitrogen and oxygen atoms in total. The Morgan fingerprint density at radius 3 is 2.76 bits per heavy atom. The summed E-state index contributed by atoms with van der Waals surface area (Å²) >= 11 is 0. The van der Waals surface area contributed by atoms with E-state index in [-0.39, 0.29) is 0 Å². The maximum atomic E-state index is 4.51. The van der Waals surface area contributed by atoms with Crippen molar-refractivity contribution in [2.45, 2.75) is 26.2 Å². The van der Waals surface area contributed by atoms with Gasteiger partial charge < -0.3 is 15.1 Å². The van der Waals surface area contributed by atoms with Crippen LogP contribution in [0.5, 0.6) is 0 Å². The molecule has 1 unspecified atom stereocenters. The lowest BCUT2D eigenvalue weighted by Gasteiger charge is -2.30. The van der Waals surface area contributed by atoms with E-state index in [0.29, 0.717) is 0 Å². The normalized spacial score (nSPS) is 22.2. The van der Waals surface area contributed by atoms with Crippen molar-refractivity contribution >= 4 is 11.5 Å². The van der Waals surface area contributed by atoms with Crippen LogP contribution < -0.4 is 5.32 Å². The monoisotopic (exact) mass is 340 g/mol. The van der Waals surface area contributed by atoms with E-state index in [1.807, 2.05) is 7.05 Å². The Balaban J connectivity index is 1.49. The predicted molar refractivity (Wildman–Crippen MR) is 107 cm³/mol. The summed E-state index contributed by atoms with van der Waals surface area (Å²) in [6.07, 6.45) is 6.00. The van der Waals surface area contributed by atoms with E-state index in [1.54, 1.807) is 0 Å². The number of rotatable bonds is 5. The molecule has 0 spiro atoms. The Bertz CT molecular complexity index is 593. The van der Waals surface area contributed by atoms with Gasteiger partial charge in [0.15, 0.2) is 5.96 Å². The highest BCUT2D eigenvalue weighted by molar-refractivity contribution is 5.81. The third-order valence-electron chi connectivity index (χ3n) is 5.32. The molecule has 25 heavy (non-hydrogen) atoms. The van der Waals surface area contributed by atoms with E-state index in [2.05, 4.69) is 63.4 Å². The zero-order valence-electron chi connectivity index (χ0n) is 15.7. The lowest BCUT2D eigenvalue weighted by molar-refractivity contribution is 0.323. The summed E-state index contributed by atoms with van der Waals surface area (Å²) in [4.78, 5) is 9.47. The van der Waals surface area contributed by atoms with Crippen molar-refractivity contribution in [2.24, 2.45) is 10.9 Å². The van der Waals surface area contributed by atoms with Gasteiger partial charge in [0, 0.05) is 33.2 Å². The van der Waals surface area contributed by atoms with Crippen molar-refractivity contribution in [3.8, 4) is 0 Å². The van der Waals surface area contributed by atoms with Gasteiger partial charge in [-0.3, -0.25) is 4.99 Å². The molecule has 3 rings (SSSR count). The fourth-order valence-electron chi connectivity index (χ4n) is 3.94. The molecule has 2 aliphatic rings. The third-order valence-corrected chi connectivity index (χ3v) is 5.32. The molecule has 1 aromatic carbocycles. The van der Waals surface area contributed by atoms with Gasteiger partial charge in [0.05, 0.1) is 0 Å². The molecule has 0 aliphatic carbocycles. The molecule has 136 valence electrons. The Kier molecular flexibility index (Phi) is 6.51. The topological polar surface area (TPSA) is 30.9 Å². The first-order chi connectivity index (χ1) is 12.3. The summed E-state index contributed by atoms with van der Waals surface area (Å²) in [7, 11) is 1.90. The minimum absolute atomic E-state index is 0.753. The molecule has 1 aromatic rings. The fourth-order valence-corrected chi connectivity index (χ4v) is 3.94. The largest absolute Gasteiger partial charge is 0.356 e. The van der Waals surface area contributed by atoms with E-state index in [0.717, 1.165) is 37.9 Å². The van der Waals surface area contributed by atoms with E-state index in [9.17, 15) is 0 Å². The smallest absolute Gasteiger partial charge is 0.193 e. The standard InChI is InChI=1S/C21H32N4/c1-3-12-24-13-9-18(17-24)16-23-21(22-2)25-14-10-20(11-15-25)19-7-5-4-6-8-19/h4-8,10,18H,3,9,11-17H2,1-2H3,(H,22,23). The van der Waals surface area contributed by atoms with Gasteiger partial charge in [0.25, 0.3) is 0 Å². The lowest BCUT2D eigenvalue weighted by atomic mass is 10.00. The molecule has 1 saturated heterocycles. The summed E-state index contributed by atoms with van der Waals surface area (Å²) in [6, 6.07) is 10.7. The second-order valence-electron chi connectivity index (χ2n) is 7.17. The molecule has 0 bridgehead atoms. The number of hydrogen-bond acceptors (Lipinski definition) is 2. The van der Waals surface area contributed by atoms with Crippen molar-refractivity contribution in [1.29, 1.82) is 0 Å². The molecule has 0 aromatic heterocycles. The zero-order valence-corrected chi connectivity index (χ0v) is 15.7. The van der Waals surface area contributed by atoms with Crippen LogP contribution in [0.4, 0.5) is 0 Å². The Hall–Kier alpha value is -1.81. The average molecular weight is 341 g/mol. The number of guanidine groups is 1. The number of aliphatic imine (C=N–C) groups is 1. The van der Waals surface area contributed by atoms with Crippen LogP contribution in [0.25, 0.3) is 5.57 Å². The first-order valence-corrected chi connectivity index (χ1v) is 9.72. The fraction of sp³-hybridized carbons (Fsp3) is 0.571. The SMILES string of the molecule is CCCN1CCC(CNC(=NC)N2CC=C(c3ccccc3)CC2)C1. The molecule has 0 radical (unpaired) electrons. The van der Waals surface area contributed by atoms with Crippen LogP contribution >= 0.6 is 0 Å². The predicted octanol–water partition coefficient (Wildman–Crippen LogP) is 3.08. The van der Waals surface area contributed by atoms with Gasteiger partial charge in [0.1, 0.15) is 0 Å². The first-order valence-electron chi connectivity index (χ1n) is 9.72. The van der Waals surface area contributed by atoms with Gasteiger partial charge in [0.2, 0.25) is 0 Å². The average Bonchev–Trinajstić information content (AvgIpc) is 3.11. The highest BCUT2D eigenvalue weighted by atomic mass is 15.3. The van der Waals surface area contributed by atoms with E-state index >= 15 is 0 Å². The minimum atomic E-state index is 0.753. The van der Waals surface area contributed by atoms with Gasteiger partial charge in [-0.2, -0.15) is 0 Å². The van der Waals surface area contributed by atoms with E-state index in [4.69, 9.17) is 0 Å². The molecule has 4 heteroatoms. The van der Waals surface area contributed by atoms with Crippen molar-refractivity contribution in [3.63, 3.8) is 0 Å². The second kappa shape index (κ2) is 9.04.